The van der Waals surface area contributed by atoms with Crippen molar-refractivity contribution >= 4 is 23.0 Å². The Morgan fingerprint density at radius 1 is 0.853 bits per heavy atom. The summed E-state index contributed by atoms with van der Waals surface area (Å²) in [5, 5.41) is 13.3. The minimum Gasteiger partial charge on any atom is -0.355 e. The molecule has 0 saturated heterocycles. The molecule has 3 aromatic carbocycles. The van der Waals surface area contributed by atoms with E-state index in [-0.39, 0.29) is 11.5 Å². The van der Waals surface area contributed by atoms with E-state index in [0.29, 0.717) is 12.0 Å². The molecule has 5 rings (SSSR count). The summed E-state index contributed by atoms with van der Waals surface area (Å²) in [6.07, 6.45) is 4.43. The molecule has 170 valence electrons. The zero-order chi connectivity index (χ0) is 23.3. The molecule has 6 nitrogen and oxygen atoms in total. The third-order valence-corrected chi connectivity index (χ3v) is 6.16. The average molecular weight is 451 g/mol. The molecule has 0 fully saturated rings. The van der Waals surface area contributed by atoms with Crippen LogP contribution >= 0.6 is 0 Å². The van der Waals surface area contributed by atoms with Gasteiger partial charge in [0.15, 0.2) is 0 Å². The van der Waals surface area contributed by atoms with Crippen LogP contribution in [0.3, 0.4) is 0 Å². The molecular formula is C28H26N4O2. The summed E-state index contributed by atoms with van der Waals surface area (Å²) in [5.74, 6) is -0.185. The molecule has 1 heterocycles. The number of carbonyl (C=O) groups excluding carboxylic acids is 1. The Morgan fingerprint density at radius 3 is 2.44 bits per heavy atom. The lowest BCUT2D eigenvalue weighted by Gasteiger charge is -2.17. The van der Waals surface area contributed by atoms with Crippen molar-refractivity contribution in [3.05, 3.63) is 117 Å². The molecule has 34 heavy (non-hydrogen) atoms. The monoisotopic (exact) mass is 450 g/mol. The molecule has 1 aliphatic rings. The highest BCUT2D eigenvalue weighted by Gasteiger charge is 2.18. The van der Waals surface area contributed by atoms with Crippen LogP contribution in [-0.4, -0.2) is 16.1 Å². The molecule has 3 N–H and O–H groups in total. The van der Waals surface area contributed by atoms with Crippen molar-refractivity contribution < 1.29 is 4.79 Å². The average Bonchev–Trinajstić information content (AvgIpc) is 2.87. The molecule has 0 radical (unpaired) electrons. The number of aromatic amines is 1. The zero-order valence-corrected chi connectivity index (χ0v) is 18.8. The molecule has 0 unspecified atom stereocenters. The van der Waals surface area contributed by atoms with Crippen LogP contribution in [0.15, 0.2) is 83.7 Å². The zero-order valence-electron chi connectivity index (χ0n) is 18.8. The number of hydrogen-bond donors (Lipinski definition) is 3. The fraction of sp³-hybridized carbons (Fsp3) is 0.179. The molecule has 6 heteroatoms. The highest BCUT2D eigenvalue weighted by atomic mass is 16.1. The van der Waals surface area contributed by atoms with Crippen molar-refractivity contribution in [1.82, 2.24) is 10.2 Å². The first-order chi connectivity index (χ1) is 16.7. The quantitative estimate of drug-likeness (QED) is 0.375. The molecule has 0 aliphatic heterocycles. The van der Waals surface area contributed by atoms with Crippen LogP contribution in [0.2, 0.25) is 0 Å². The van der Waals surface area contributed by atoms with Gasteiger partial charge in [-0.05, 0) is 73.2 Å². The Balaban J connectivity index is 1.35. The Kier molecular flexibility index (Phi) is 6.21. The normalized spacial score (nSPS) is 12.6. The van der Waals surface area contributed by atoms with Gasteiger partial charge in [0.2, 0.25) is 0 Å². The van der Waals surface area contributed by atoms with E-state index in [4.69, 9.17) is 0 Å². The molecule has 0 spiro atoms. The van der Waals surface area contributed by atoms with E-state index in [1.165, 1.54) is 0 Å². The summed E-state index contributed by atoms with van der Waals surface area (Å²) in [6, 6.07) is 25.0. The maximum atomic E-state index is 13.1. The number of amides is 1. The largest absolute Gasteiger partial charge is 0.355 e. The number of rotatable bonds is 6. The van der Waals surface area contributed by atoms with Crippen LogP contribution in [0.4, 0.5) is 17.1 Å². The molecule has 1 aliphatic carbocycles. The van der Waals surface area contributed by atoms with Crippen LogP contribution < -0.4 is 16.2 Å². The lowest BCUT2D eigenvalue weighted by Crippen LogP contribution is -2.23. The molecule has 0 saturated carbocycles. The third-order valence-electron chi connectivity index (χ3n) is 6.16. The first-order valence-electron chi connectivity index (χ1n) is 11.6. The predicted octanol–water partition coefficient (Wildman–Crippen LogP) is 5.24. The van der Waals surface area contributed by atoms with Gasteiger partial charge in [0.05, 0.1) is 16.9 Å². The Labute approximate surface area is 198 Å². The minimum absolute atomic E-state index is 0.0674. The van der Waals surface area contributed by atoms with Gasteiger partial charge >= 0.3 is 0 Å². The summed E-state index contributed by atoms with van der Waals surface area (Å²) in [7, 11) is 0. The van der Waals surface area contributed by atoms with Gasteiger partial charge < -0.3 is 10.6 Å². The summed E-state index contributed by atoms with van der Waals surface area (Å²) in [5.41, 5.74) is 6.78. The Bertz CT molecular complexity index is 1380. The van der Waals surface area contributed by atoms with Crippen molar-refractivity contribution in [1.29, 1.82) is 0 Å². The minimum atomic E-state index is -0.185. The van der Waals surface area contributed by atoms with Crippen molar-refractivity contribution in [2.45, 2.75) is 32.1 Å². The van der Waals surface area contributed by atoms with Crippen molar-refractivity contribution in [3.63, 3.8) is 0 Å². The van der Waals surface area contributed by atoms with Gasteiger partial charge in [-0.3, -0.25) is 9.59 Å². The summed E-state index contributed by atoms with van der Waals surface area (Å²) < 4.78 is 0. The van der Waals surface area contributed by atoms with Crippen LogP contribution in [0.25, 0.3) is 0 Å². The molecule has 1 amide bonds. The van der Waals surface area contributed by atoms with E-state index in [2.05, 4.69) is 20.8 Å². The molecule has 1 aromatic heterocycles. The molecular weight excluding hydrogens is 424 g/mol. The maximum Gasteiger partial charge on any atom is 0.267 e. The third kappa shape index (κ3) is 4.76. The maximum absolute atomic E-state index is 13.1. The SMILES string of the molecule is O=C(Nc1cccc(Cc2n[nH]c(=O)c3c2CCCC3)c1)c1ccccc1Nc1ccccc1. The van der Waals surface area contributed by atoms with Crippen LogP contribution in [-0.2, 0) is 19.3 Å². The van der Waals surface area contributed by atoms with Gasteiger partial charge in [0.25, 0.3) is 11.5 Å². The second-order valence-corrected chi connectivity index (χ2v) is 8.53. The van der Waals surface area contributed by atoms with E-state index >= 15 is 0 Å². The van der Waals surface area contributed by atoms with Gasteiger partial charge in [0.1, 0.15) is 0 Å². The smallest absolute Gasteiger partial charge is 0.267 e. The number of carbonyl (C=O) groups is 1. The number of nitrogens with zero attached hydrogens (tertiary/aromatic N) is 1. The first kappa shape index (κ1) is 21.6. The summed E-state index contributed by atoms with van der Waals surface area (Å²) in [6.45, 7) is 0. The fourth-order valence-corrected chi connectivity index (χ4v) is 4.49. The van der Waals surface area contributed by atoms with Crippen molar-refractivity contribution in [3.8, 4) is 0 Å². The lowest BCUT2D eigenvalue weighted by molar-refractivity contribution is 0.102. The van der Waals surface area contributed by atoms with Crippen molar-refractivity contribution in [2.75, 3.05) is 10.6 Å². The number of para-hydroxylation sites is 2. The highest BCUT2D eigenvalue weighted by Crippen LogP contribution is 2.24. The number of nitrogens with one attached hydrogen (secondary N) is 3. The number of anilines is 3. The molecule has 4 aromatic rings. The fourth-order valence-electron chi connectivity index (χ4n) is 4.49. The summed E-state index contributed by atoms with van der Waals surface area (Å²) >= 11 is 0. The first-order valence-corrected chi connectivity index (χ1v) is 11.6. The lowest BCUT2D eigenvalue weighted by atomic mass is 9.90. The topological polar surface area (TPSA) is 86.9 Å². The number of fused-ring (bicyclic) bond motifs is 1. The standard InChI is InChI=1S/C28H26N4O2/c33-27(24-15-6-7-16-25(24)29-20-10-2-1-3-11-20)30-21-12-8-9-19(17-21)18-26-22-13-4-5-14-23(22)28(34)32-31-26/h1-3,6-12,15-17,29H,4-5,13-14,18H2,(H,30,33)(H,32,34). The Morgan fingerprint density at radius 2 is 1.59 bits per heavy atom. The number of aromatic nitrogens is 2. The predicted molar refractivity (Wildman–Crippen MR) is 135 cm³/mol. The van der Waals surface area contributed by atoms with Gasteiger partial charge in [-0.25, -0.2) is 5.10 Å². The van der Waals surface area contributed by atoms with Crippen LogP contribution in [0, 0.1) is 0 Å². The van der Waals surface area contributed by atoms with E-state index in [0.717, 1.165) is 65.1 Å². The van der Waals surface area contributed by atoms with Gasteiger partial charge in [0, 0.05) is 23.4 Å². The van der Waals surface area contributed by atoms with E-state index in [1.807, 2.05) is 72.8 Å². The highest BCUT2D eigenvalue weighted by molar-refractivity contribution is 6.08. The molecule has 0 atom stereocenters. The van der Waals surface area contributed by atoms with Crippen molar-refractivity contribution in [2.24, 2.45) is 0 Å². The second-order valence-electron chi connectivity index (χ2n) is 8.53. The van der Waals surface area contributed by atoms with Crippen LogP contribution in [0.1, 0.15) is 45.6 Å². The molecule has 0 bridgehead atoms. The number of benzene rings is 3. The number of hydrogen-bond acceptors (Lipinski definition) is 4. The van der Waals surface area contributed by atoms with Gasteiger partial charge in [-0.2, -0.15) is 5.10 Å². The van der Waals surface area contributed by atoms with Gasteiger partial charge in [-0.1, -0.05) is 42.5 Å². The second kappa shape index (κ2) is 9.75. The number of H-pyrrole nitrogens is 1. The summed E-state index contributed by atoms with van der Waals surface area (Å²) in [4.78, 5) is 25.3. The van der Waals surface area contributed by atoms with Gasteiger partial charge in [-0.15, -0.1) is 0 Å². The van der Waals surface area contributed by atoms with E-state index < -0.39 is 0 Å². The van der Waals surface area contributed by atoms with Crippen LogP contribution in [0.5, 0.6) is 0 Å². The van der Waals surface area contributed by atoms with E-state index in [1.54, 1.807) is 6.07 Å². The Hall–Kier alpha value is -4.19. The van der Waals surface area contributed by atoms with E-state index in [9.17, 15) is 9.59 Å².